The quantitative estimate of drug-likeness (QED) is 0.440. The Balaban J connectivity index is 2.59. The SMILES string of the molecule is COCCSc1cc(Cl)ncc1C. The molecule has 0 aliphatic carbocycles. The highest BCUT2D eigenvalue weighted by Gasteiger charge is 2.00. The third-order valence-corrected chi connectivity index (χ3v) is 2.89. The molecule has 0 fully saturated rings. The Morgan fingerprint density at radius 3 is 3.08 bits per heavy atom. The first-order valence-electron chi connectivity index (χ1n) is 3.98. The molecule has 1 heterocycles. The third-order valence-electron chi connectivity index (χ3n) is 1.57. The van der Waals surface area contributed by atoms with Gasteiger partial charge in [0.2, 0.25) is 0 Å². The molecule has 0 N–H and O–H groups in total. The maximum absolute atomic E-state index is 5.77. The number of aromatic nitrogens is 1. The molecule has 0 aliphatic rings. The number of ether oxygens (including phenoxy) is 1. The fourth-order valence-electron chi connectivity index (χ4n) is 0.872. The van der Waals surface area contributed by atoms with Gasteiger partial charge < -0.3 is 4.74 Å². The van der Waals surface area contributed by atoms with Gasteiger partial charge in [-0.3, -0.25) is 0 Å². The molecular weight excluding hydrogens is 206 g/mol. The van der Waals surface area contributed by atoms with Crippen molar-refractivity contribution in [3.63, 3.8) is 0 Å². The second kappa shape index (κ2) is 5.47. The Labute approximate surface area is 87.7 Å². The molecular formula is C9H12ClNOS. The van der Waals surface area contributed by atoms with Gasteiger partial charge in [-0.25, -0.2) is 4.98 Å². The molecule has 0 aliphatic heterocycles. The van der Waals surface area contributed by atoms with Gasteiger partial charge in [-0.05, 0) is 18.6 Å². The Morgan fingerprint density at radius 2 is 2.38 bits per heavy atom. The summed E-state index contributed by atoms with van der Waals surface area (Å²) in [5, 5.41) is 0.547. The minimum absolute atomic E-state index is 0.547. The number of aryl methyl sites for hydroxylation is 1. The van der Waals surface area contributed by atoms with Crippen LogP contribution in [0.5, 0.6) is 0 Å². The Hall–Kier alpha value is -0.250. The van der Waals surface area contributed by atoms with Crippen molar-refractivity contribution < 1.29 is 4.74 Å². The van der Waals surface area contributed by atoms with Crippen LogP contribution < -0.4 is 0 Å². The van der Waals surface area contributed by atoms with E-state index in [0.29, 0.717) is 5.15 Å². The van der Waals surface area contributed by atoms with Gasteiger partial charge in [-0.15, -0.1) is 11.8 Å². The van der Waals surface area contributed by atoms with Crippen molar-refractivity contribution >= 4 is 23.4 Å². The molecule has 2 nitrogen and oxygen atoms in total. The average molecular weight is 218 g/mol. The molecule has 0 radical (unpaired) electrons. The summed E-state index contributed by atoms with van der Waals surface area (Å²) < 4.78 is 4.96. The average Bonchev–Trinajstić information content (AvgIpc) is 2.11. The van der Waals surface area contributed by atoms with E-state index in [-0.39, 0.29) is 0 Å². The molecule has 1 aromatic heterocycles. The molecule has 0 amide bonds. The molecule has 0 spiro atoms. The molecule has 0 atom stereocenters. The minimum Gasteiger partial charge on any atom is -0.384 e. The fraction of sp³-hybridized carbons (Fsp3) is 0.444. The summed E-state index contributed by atoms with van der Waals surface area (Å²) in [7, 11) is 1.70. The van der Waals surface area contributed by atoms with Gasteiger partial charge in [-0.2, -0.15) is 0 Å². The van der Waals surface area contributed by atoms with Crippen LogP contribution >= 0.6 is 23.4 Å². The van der Waals surface area contributed by atoms with Crippen molar-refractivity contribution in [2.45, 2.75) is 11.8 Å². The van der Waals surface area contributed by atoms with E-state index in [9.17, 15) is 0 Å². The second-order valence-electron chi connectivity index (χ2n) is 2.61. The number of pyridine rings is 1. The van der Waals surface area contributed by atoms with Gasteiger partial charge in [0.05, 0.1) is 6.61 Å². The monoisotopic (exact) mass is 217 g/mol. The summed E-state index contributed by atoms with van der Waals surface area (Å²) in [5.41, 5.74) is 1.16. The van der Waals surface area contributed by atoms with Crippen molar-refractivity contribution in [3.8, 4) is 0 Å². The molecule has 0 saturated carbocycles. The molecule has 0 unspecified atom stereocenters. The first-order chi connectivity index (χ1) is 6.24. The van der Waals surface area contributed by atoms with E-state index in [1.807, 2.05) is 13.0 Å². The van der Waals surface area contributed by atoms with Crippen molar-refractivity contribution in [1.29, 1.82) is 0 Å². The van der Waals surface area contributed by atoms with Crippen molar-refractivity contribution in [2.75, 3.05) is 19.5 Å². The zero-order valence-corrected chi connectivity index (χ0v) is 9.28. The summed E-state index contributed by atoms with van der Waals surface area (Å²) in [6.45, 7) is 2.78. The summed E-state index contributed by atoms with van der Waals surface area (Å²) in [6.07, 6.45) is 1.79. The molecule has 0 saturated heterocycles. The predicted molar refractivity (Wildman–Crippen MR) is 56.6 cm³/mol. The first kappa shape index (κ1) is 10.8. The highest BCUT2D eigenvalue weighted by atomic mass is 35.5. The van der Waals surface area contributed by atoms with E-state index in [1.165, 1.54) is 4.90 Å². The highest BCUT2D eigenvalue weighted by Crippen LogP contribution is 2.23. The zero-order chi connectivity index (χ0) is 9.68. The topological polar surface area (TPSA) is 22.1 Å². The largest absolute Gasteiger partial charge is 0.384 e. The Kier molecular flexibility index (Phi) is 4.56. The van der Waals surface area contributed by atoms with Crippen LogP contribution in [0.15, 0.2) is 17.2 Å². The smallest absolute Gasteiger partial charge is 0.130 e. The molecule has 0 bridgehead atoms. The third kappa shape index (κ3) is 3.55. The van der Waals surface area contributed by atoms with E-state index in [4.69, 9.17) is 16.3 Å². The lowest BCUT2D eigenvalue weighted by Gasteiger charge is -2.04. The van der Waals surface area contributed by atoms with Crippen LogP contribution in [0.1, 0.15) is 5.56 Å². The van der Waals surface area contributed by atoms with Crippen LogP contribution in [0.3, 0.4) is 0 Å². The lowest BCUT2D eigenvalue weighted by atomic mass is 10.3. The van der Waals surface area contributed by atoms with E-state index in [0.717, 1.165) is 17.9 Å². The molecule has 1 aromatic rings. The summed E-state index contributed by atoms with van der Waals surface area (Å²) >= 11 is 7.51. The van der Waals surface area contributed by atoms with Gasteiger partial charge in [-0.1, -0.05) is 11.6 Å². The highest BCUT2D eigenvalue weighted by molar-refractivity contribution is 7.99. The van der Waals surface area contributed by atoms with Gasteiger partial charge in [0.15, 0.2) is 0 Å². The van der Waals surface area contributed by atoms with Crippen molar-refractivity contribution in [2.24, 2.45) is 0 Å². The van der Waals surface area contributed by atoms with Crippen LogP contribution in [0, 0.1) is 6.92 Å². The summed E-state index contributed by atoms with van der Waals surface area (Å²) in [4.78, 5) is 5.17. The summed E-state index contributed by atoms with van der Waals surface area (Å²) in [6, 6.07) is 1.89. The van der Waals surface area contributed by atoms with Gasteiger partial charge >= 0.3 is 0 Å². The number of rotatable bonds is 4. The number of thioether (sulfide) groups is 1. The molecule has 4 heteroatoms. The van der Waals surface area contributed by atoms with Gasteiger partial charge in [0.25, 0.3) is 0 Å². The summed E-state index contributed by atoms with van der Waals surface area (Å²) in [5.74, 6) is 0.942. The molecule has 72 valence electrons. The van der Waals surface area contributed by atoms with Gasteiger partial charge in [0, 0.05) is 24.0 Å². The van der Waals surface area contributed by atoms with Crippen LogP contribution in [-0.4, -0.2) is 24.5 Å². The maximum Gasteiger partial charge on any atom is 0.130 e. The number of hydrogen-bond donors (Lipinski definition) is 0. The number of nitrogens with zero attached hydrogens (tertiary/aromatic N) is 1. The maximum atomic E-state index is 5.77. The van der Waals surface area contributed by atoms with Crippen molar-refractivity contribution in [1.82, 2.24) is 4.98 Å². The predicted octanol–water partition coefficient (Wildman–Crippen LogP) is 2.78. The van der Waals surface area contributed by atoms with Crippen LogP contribution in [-0.2, 0) is 4.74 Å². The van der Waals surface area contributed by atoms with Crippen molar-refractivity contribution in [3.05, 3.63) is 23.0 Å². The Bertz CT molecular complexity index is 280. The molecule has 13 heavy (non-hydrogen) atoms. The normalized spacial score (nSPS) is 10.4. The Morgan fingerprint density at radius 1 is 1.62 bits per heavy atom. The molecule has 1 rings (SSSR count). The number of methoxy groups -OCH3 is 1. The van der Waals surface area contributed by atoms with Crippen LogP contribution in [0.4, 0.5) is 0 Å². The van der Waals surface area contributed by atoms with Crippen LogP contribution in [0.2, 0.25) is 5.15 Å². The fourth-order valence-corrected chi connectivity index (χ4v) is 2.04. The first-order valence-corrected chi connectivity index (χ1v) is 5.34. The number of halogens is 1. The molecule has 0 aromatic carbocycles. The lowest BCUT2D eigenvalue weighted by Crippen LogP contribution is -1.92. The van der Waals surface area contributed by atoms with E-state index in [1.54, 1.807) is 25.1 Å². The lowest BCUT2D eigenvalue weighted by molar-refractivity contribution is 0.218. The van der Waals surface area contributed by atoms with E-state index >= 15 is 0 Å². The minimum atomic E-state index is 0.547. The van der Waals surface area contributed by atoms with E-state index in [2.05, 4.69) is 4.98 Å². The number of hydrogen-bond acceptors (Lipinski definition) is 3. The zero-order valence-electron chi connectivity index (χ0n) is 7.71. The van der Waals surface area contributed by atoms with E-state index < -0.39 is 0 Å². The van der Waals surface area contributed by atoms with Gasteiger partial charge in [0.1, 0.15) is 5.15 Å². The van der Waals surface area contributed by atoms with Crippen LogP contribution in [0.25, 0.3) is 0 Å². The second-order valence-corrected chi connectivity index (χ2v) is 4.14. The standard InChI is InChI=1S/C9H12ClNOS/c1-7-6-11-9(10)5-8(7)13-4-3-12-2/h5-6H,3-4H2,1-2H3.